The quantitative estimate of drug-likeness (QED) is 0.734. The number of carbonyl (C=O) groups excluding carboxylic acids is 1. The maximum atomic E-state index is 11.7. The van der Waals surface area contributed by atoms with Gasteiger partial charge in [0.25, 0.3) is 5.91 Å². The molecule has 0 radical (unpaired) electrons. The minimum absolute atomic E-state index is 0.0827. The number of halogens is 2. The fraction of sp³-hybridized carbons (Fsp3) is 0. The van der Waals surface area contributed by atoms with Gasteiger partial charge in [-0.2, -0.15) is 0 Å². The highest BCUT2D eigenvalue weighted by atomic mass is 35.5. The molecule has 2 aromatic rings. The number of nitrogens with one attached hydrogen (secondary N) is 2. The summed E-state index contributed by atoms with van der Waals surface area (Å²) in [6.45, 7) is 0. The summed E-state index contributed by atoms with van der Waals surface area (Å²) in [5, 5.41) is 12.6. The van der Waals surface area contributed by atoms with Crippen molar-refractivity contribution in [3.05, 3.63) is 46.2 Å². The summed E-state index contributed by atoms with van der Waals surface area (Å²) in [5.41, 5.74) is 0.544. The third-order valence-corrected chi connectivity index (χ3v) is 2.63. The van der Waals surface area contributed by atoms with E-state index in [1.807, 2.05) is 0 Å². The maximum Gasteiger partial charge on any atom is 0.272 e. The van der Waals surface area contributed by atoms with Crippen molar-refractivity contribution in [3.8, 4) is 5.75 Å². The molecule has 1 amide bonds. The van der Waals surface area contributed by atoms with Crippen molar-refractivity contribution in [2.45, 2.75) is 0 Å². The van der Waals surface area contributed by atoms with Crippen molar-refractivity contribution >= 4 is 34.8 Å². The van der Waals surface area contributed by atoms with Gasteiger partial charge in [-0.3, -0.25) is 4.79 Å². The Kier molecular flexibility index (Phi) is 3.26. The molecule has 1 aromatic heterocycles. The number of aromatic nitrogens is 1. The number of hydrogen-bond acceptors (Lipinski definition) is 2. The van der Waals surface area contributed by atoms with Crippen LogP contribution in [-0.2, 0) is 0 Å². The summed E-state index contributed by atoms with van der Waals surface area (Å²) in [5.74, 6) is -0.598. The molecule has 2 rings (SSSR count). The Morgan fingerprint density at radius 2 is 2.12 bits per heavy atom. The average molecular weight is 271 g/mol. The summed E-state index contributed by atoms with van der Waals surface area (Å²) in [6, 6.07) is 6.12. The SMILES string of the molecule is O=C(Nc1cc(Cl)cc(Cl)c1O)c1ccc[nH]1. The molecule has 0 bridgehead atoms. The highest BCUT2D eigenvalue weighted by Gasteiger charge is 2.12. The summed E-state index contributed by atoms with van der Waals surface area (Å²) >= 11 is 11.5. The van der Waals surface area contributed by atoms with Crippen molar-refractivity contribution in [1.82, 2.24) is 4.98 Å². The van der Waals surface area contributed by atoms with E-state index in [0.29, 0.717) is 10.7 Å². The summed E-state index contributed by atoms with van der Waals surface area (Å²) in [6.07, 6.45) is 1.62. The number of aromatic amines is 1. The molecule has 0 spiro atoms. The van der Waals surface area contributed by atoms with Gasteiger partial charge in [-0.25, -0.2) is 0 Å². The number of phenolic OH excluding ortho intramolecular Hbond substituents is 1. The molecule has 0 aliphatic rings. The predicted octanol–water partition coefficient (Wildman–Crippen LogP) is 3.28. The van der Waals surface area contributed by atoms with E-state index in [2.05, 4.69) is 10.3 Å². The number of phenols is 1. The molecule has 88 valence electrons. The predicted molar refractivity (Wildman–Crippen MR) is 66.9 cm³/mol. The molecule has 3 N–H and O–H groups in total. The molecule has 0 saturated heterocycles. The lowest BCUT2D eigenvalue weighted by Gasteiger charge is -2.08. The zero-order chi connectivity index (χ0) is 12.4. The molecule has 0 atom stereocenters. The second kappa shape index (κ2) is 4.69. The molecule has 0 aliphatic carbocycles. The molecule has 4 nitrogen and oxygen atoms in total. The second-order valence-electron chi connectivity index (χ2n) is 3.32. The van der Waals surface area contributed by atoms with Gasteiger partial charge in [-0.05, 0) is 24.3 Å². The first-order chi connectivity index (χ1) is 8.08. The van der Waals surface area contributed by atoms with E-state index in [-0.39, 0.29) is 22.4 Å². The van der Waals surface area contributed by atoms with Gasteiger partial charge in [0, 0.05) is 11.2 Å². The van der Waals surface area contributed by atoms with Crippen molar-refractivity contribution in [2.75, 3.05) is 5.32 Å². The first-order valence-corrected chi connectivity index (χ1v) is 5.46. The number of amides is 1. The lowest BCUT2D eigenvalue weighted by atomic mass is 10.2. The van der Waals surface area contributed by atoms with E-state index in [1.165, 1.54) is 12.1 Å². The number of benzene rings is 1. The van der Waals surface area contributed by atoms with E-state index >= 15 is 0 Å². The first-order valence-electron chi connectivity index (χ1n) is 4.70. The van der Waals surface area contributed by atoms with Gasteiger partial charge >= 0.3 is 0 Å². The average Bonchev–Trinajstić information content (AvgIpc) is 2.78. The Bertz CT molecular complexity index is 553. The van der Waals surface area contributed by atoms with Crippen LogP contribution in [0.3, 0.4) is 0 Å². The van der Waals surface area contributed by atoms with Gasteiger partial charge in [0.1, 0.15) is 5.69 Å². The van der Waals surface area contributed by atoms with Gasteiger partial charge in [-0.15, -0.1) is 0 Å². The lowest BCUT2D eigenvalue weighted by Crippen LogP contribution is -2.12. The van der Waals surface area contributed by atoms with Gasteiger partial charge in [0.15, 0.2) is 5.75 Å². The zero-order valence-electron chi connectivity index (χ0n) is 8.50. The highest BCUT2D eigenvalue weighted by molar-refractivity contribution is 6.36. The lowest BCUT2D eigenvalue weighted by molar-refractivity contribution is 0.102. The highest BCUT2D eigenvalue weighted by Crippen LogP contribution is 2.35. The number of aromatic hydroxyl groups is 1. The standard InChI is InChI=1S/C11H8Cl2N2O2/c12-6-4-7(13)10(16)9(5-6)15-11(17)8-2-1-3-14-8/h1-5,14,16H,(H,15,17). The smallest absolute Gasteiger partial charge is 0.272 e. The summed E-state index contributed by atoms with van der Waals surface area (Å²) in [4.78, 5) is 14.5. The maximum absolute atomic E-state index is 11.7. The molecular weight excluding hydrogens is 263 g/mol. The van der Waals surface area contributed by atoms with Gasteiger partial charge in [0.05, 0.1) is 10.7 Å². The van der Waals surface area contributed by atoms with Crippen molar-refractivity contribution in [2.24, 2.45) is 0 Å². The van der Waals surface area contributed by atoms with Crippen LogP contribution in [0.25, 0.3) is 0 Å². The van der Waals surface area contributed by atoms with Crippen molar-refractivity contribution in [3.63, 3.8) is 0 Å². The summed E-state index contributed by atoms with van der Waals surface area (Å²) < 4.78 is 0. The van der Waals surface area contributed by atoms with Crippen LogP contribution in [0.5, 0.6) is 5.75 Å². The Labute approximate surface area is 107 Å². The Hall–Kier alpha value is -1.65. The largest absolute Gasteiger partial charge is 0.504 e. The van der Waals surface area contributed by atoms with Crippen LogP contribution >= 0.6 is 23.2 Å². The van der Waals surface area contributed by atoms with Crippen LogP contribution in [-0.4, -0.2) is 16.0 Å². The number of H-pyrrole nitrogens is 1. The molecule has 0 saturated carbocycles. The third-order valence-electron chi connectivity index (χ3n) is 2.12. The normalized spacial score (nSPS) is 10.2. The van der Waals surface area contributed by atoms with Crippen molar-refractivity contribution in [1.29, 1.82) is 0 Å². The summed E-state index contributed by atoms with van der Waals surface area (Å²) in [7, 11) is 0. The van der Waals surface area contributed by atoms with E-state index in [0.717, 1.165) is 0 Å². The molecule has 0 fully saturated rings. The minimum Gasteiger partial charge on any atom is -0.504 e. The molecule has 1 aromatic carbocycles. The van der Waals surface area contributed by atoms with E-state index in [9.17, 15) is 9.90 Å². The molecular formula is C11H8Cl2N2O2. The molecule has 0 aliphatic heterocycles. The van der Waals surface area contributed by atoms with Crippen molar-refractivity contribution < 1.29 is 9.90 Å². The Morgan fingerprint density at radius 3 is 2.76 bits per heavy atom. The van der Waals surface area contributed by atoms with Crippen LogP contribution in [0.2, 0.25) is 10.0 Å². The minimum atomic E-state index is -0.386. The van der Waals surface area contributed by atoms with Crippen LogP contribution in [0.4, 0.5) is 5.69 Å². The fourth-order valence-electron chi connectivity index (χ4n) is 1.32. The molecule has 6 heteroatoms. The monoisotopic (exact) mass is 270 g/mol. The number of rotatable bonds is 2. The van der Waals surface area contributed by atoms with Gasteiger partial charge in [0.2, 0.25) is 0 Å². The van der Waals surface area contributed by atoms with E-state index in [4.69, 9.17) is 23.2 Å². The fourth-order valence-corrected chi connectivity index (χ4v) is 1.82. The van der Waals surface area contributed by atoms with Gasteiger partial charge in [-0.1, -0.05) is 23.2 Å². The van der Waals surface area contributed by atoms with Crippen LogP contribution in [0.15, 0.2) is 30.5 Å². The zero-order valence-corrected chi connectivity index (χ0v) is 10.0. The van der Waals surface area contributed by atoms with E-state index in [1.54, 1.807) is 18.3 Å². The Balaban J connectivity index is 2.28. The molecule has 0 unspecified atom stereocenters. The van der Waals surface area contributed by atoms with Crippen LogP contribution in [0.1, 0.15) is 10.5 Å². The second-order valence-corrected chi connectivity index (χ2v) is 4.17. The molecule has 17 heavy (non-hydrogen) atoms. The number of hydrogen-bond donors (Lipinski definition) is 3. The van der Waals surface area contributed by atoms with Gasteiger partial charge < -0.3 is 15.4 Å². The number of carbonyl (C=O) groups is 1. The topological polar surface area (TPSA) is 65.1 Å². The van der Waals surface area contributed by atoms with Crippen LogP contribution in [0, 0.1) is 0 Å². The third kappa shape index (κ3) is 2.54. The van der Waals surface area contributed by atoms with Crippen LogP contribution < -0.4 is 5.32 Å². The number of anilines is 1. The first kappa shape index (κ1) is 11.8. The van der Waals surface area contributed by atoms with E-state index < -0.39 is 0 Å². The Morgan fingerprint density at radius 1 is 1.35 bits per heavy atom. The molecule has 1 heterocycles.